The van der Waals surface area contributed by atoms with Gasteiger partial charge in [0.1, 0.15) is 0 Å². The molecule has 3 unspecified atom stereocenters. The summed E-state index contributed by atoms with van der Waals surface area (Å²) in [6, 6.07) is 2.39. The Morgan fingerprint density at radius 1 is 1.67 bits per heavy atom. The zero-order valence-electron chi connectivity index (χ0n) is 9.60. The minimum absolute atomic E-state index is 0.316. The molecular formula is C11H19N3O. The summed E-state index contributed by atoms with van der Waals surface area (Å²) in [7, 11) is 3.94. The highest BCUT2D eigenvalue weighted by molar-refractivity contribution is 5.07. The van der Waals surface area contributed by atoms with Crippen molar-refractivity contribution >= 4 is 0 Å². The van der Waals surface area contributed by atoms with Crippen LogP contribution in [-0.4, -0.2) is 29.5 Å². The highest BCUT2D eigenvalue weighted by Crippen LogP contribution is 2.30. The topological polar surface area (TPSA) is 39.1 Å². The molecule has 1 saturated heterocycles. The molecule has 0 spiro atoms. The van der Waals surface area contributed by atoms with E-state index in [4.69, 9.17) is 4.74 Å². The molecule has 1 aromatic heterocycles. The second kappa shape index (κ2) is 4.33. The molecule has 0 amide bonds. The number of hydrogen-bond acceptors (Lipinski definition) is 3. The third kappa shape index (κ3) is 2.21. The summed E-state index contributed by atoms with van der Waals surface area (Å²) in [4.78, 5) is 0. The Balaban J connectivity index is 2.10. The van der Waals surface area contributed by atoms with E-state index < -0.39 is 0 Å². The highest BCUT2D eigenvalue weighted by atomic mass is 16.5. The van der Waals surface area contributed by atoms with Crippen LogP contribution < -0.4 is 5.32 Å². The van der Waals surface area contributed by atoms with Crippen molar-refractivity contribution in [3.63, 3.8) is 0 Å². The third-order valence-corrected chi connectivity index (χ3v) is 3.06. The van der Waals surface area contributed by atoms with E-state index in [1.165, 1.54) is 0 Å². The maximum Gasteiger partial charge on any atom is 0.0797 e. The fraction of sp³-hybridized carbons (Fsp3) is 0.727. The predicted octanol–water partition coefficient (Wildman–Crippen LogP) is 1.11. The lowest BCUT2D eigenvalue weighted by Gasteiger charge is -2.19. The van der Waals surface area contributed by atoms with Gasteiger partial charge in [0.05, 0.1) is 24.4 Å². The van der Waals surface area contributed by atoms with Gasteiger partial charge in [-0.25, -0.2) is 0 Å². The lowest BCUT2D eigenvalue weighted by molar-refractivity contribution is 0.117. The van der Waals surface area contributed by atoms with Crippen LogP contribution in [0.5, 0.6) is 0 Å². The van der Waals surface area contributed by atoms with E-state index in [0.29, 0.717) is 18.1 Å². The zero-order chi connectivity index (χ0) is 10.8. The Labute approximate surface area is 90.6 Å². The first-order valence-corrected chi connectivity index (χ1v) is 5.49. The van der Waals surface area contributed by atoms with Crippen molar-refractivity contribution < 1.29 is 4.74 Å². The molecule has 1 aliphatic rings. The first-order chi connectivity index (χ1) is 7.20. The SMILES string of the molecule is CNC(c1ccn(C)n1)C1COC(C)C1. The van der Waals surface area contributed by atoms with Crippen LogP contribution in [0.3, 0.4) is 0 Å². The first kappa shape index (κ1) is 10.6. The molecule has 4 heteroatoms. The molecule has 1 N–H and O–H groups in total. The van der Waals surface area contributed by atoms with Crippen LogP contribution in [-0.2, 0) is 11.8 Å². The first-order valence-electron chi connectivity index (χ1n) is 5.49. The number of nitrogens with zero attached hydrogens (tertiary/aromatic N) is 2. The lowest BCUT2D eigenvalue weighted by atomic mass is 9.95. The fourth-order valence-electron chi connectivity index (χ4n) is 2.31. The van der Waals surface area contributed by atoms with E-state index in [1.54, 1.807) is 0 Å². The van der Waals surface area contributed by atoms with Crippen LogP contribution in [0.1, 0.15) is 25.1 Å². The van der Waals surface area contributed by atoms with Gasteiger partial charge >= 0.3 is 0 Å². The molecule has 84 valence electrons. The number of hydrogen-bond donors (Lipinski definition) is 1. The molecule has 1 aliphatic heterocycles. The molecule has 0 aromatic carbocycles. The van der Waals surface area contributed by atoms with Gasteiger partial charge in [0.2, 0.25) is 0 Å². The van der Waals surface area contributed by atoms with Crippen molar-refractivity contribution in [1.29, 1.82) is 0 Å². The van der Waals surface area contributed by atoms with Crippen LogP contribution in [0.15, 0.2) is 12.3 Å². The van der Waals surface area contributed by atoms with Crippen molar-refractivity contribution in [2.24, 2.45) is 13.0 Å². The Morgan fingerprint density at radius 2 is 2.47 bits per heavy atom. The minimum atomic E-state index is 0.316. The molecule has 0 saturated carbocycles. The molecule has 15 heavy (non-hydrogen) atoms. The minimum Gasteiger partial charge on any atom is -0.378 e. The van der Waals surface area contributed by atoms with Crippen molar-refractivity contribution in [2.45, 2.75) is 25.5 Å². The molecule has 2 heterocycles. The van der Waals surface area contributed by atoms with E-state index >= 15 is 0 Å². The normalized spacial score (nSPS) is 28.2. The summed E-state index contributed by atoms with van der Waals surface area (Å²) in [5.41, 5.74) is 1.11. The largest absolute Gasteiger partial charge is 0.378 e. The van der Waals surface area contributed by atoms with Crippen LogP contribution in [0.25, 0.3) is 0 Å². The van der Waals surface area contributed by atoms with Gasteiger partial charge in [0.15, 0.2) is 0 Å². The smallest absolute Gasteiger partial charge is 0.0797 e. The van der Waals surface area contributed by atoms with Gasteiger partial charge in [0, 0.05) is 19.2 Å². The van der Waals surface area contributed by atoms with E-state index in [9.17, 15) is 0 Å². The standard InChI is InChI=1S/C11H19N3O/c1-8-6-9(7-15-8)11(12-2)10-4-5-14(3)13-10/h4-5,8-9,11-12H,6-7H2,1-3H3. The molecular weight excluding hydrogens is 190 g/mol. The van der Waals surface area contributed by atoms with Gasteiger partial charge < -0.3 is 10.1 Å². The molecule has 3 atom stereocenters. The van der Waals surface area contributed by atoms with Gasteiger partial charge in [-0.2, -0.15) is 5.10 Å². The van der Waals surface area contributed by atoms with E-state index in [2.05, 4.69) is 23.4 Å². The Kier molecular flexibility index (Phi) is 3.07. The molecule has 4 nitrogen and oxygen atoms in total. The molecule has 0 bridgehead atoms. The number of aromatic nitrogens is 2. The maximum atomic E-state index is 5.60. The Bertz CT molecular complexity index is 323. The summed E-state index contributed by atoms with van der Waals surface area (Å²) in [6.45, 7) is 2.97. The summed E-state index contributed by atoms with van der Waals surface area (Å²) in [6.07, 6.45) is 3.48. The van der Waals surface area contributed by atoms with Gasteiger partial charge in [-0.05, 0) is 26.5 Å². The van der Waals surface area contributed by atoms with Crippen molar-refractivity contribution in [3.05, 3.63) is 18.0 Å². The molecule has 2 rings (SSSR count). The average Bonchev–Trinajstić information content (AvgIpc) is 2.78. The predicted molar refractivity (Wildman–Crippen MR) is 58.5 cm³/mol. The number of ether oxygens (including phenoxy) is 1. The molecule has 0 radical (unpaired) electrons. The molecule has 1 fully saturated rings. The third-order valence-electron chi connectivity index (χ3n) is 3.06. The number of rotatable bonds is 3. The summed E-state index contributed by atoms with van der Waals surface area (Å²) in [5.74, 6) is 0.542. The number of nitrogens with one attached hydrogen (secondary N) is 1. The van der Waals surface area contributed by atoms with Crippen LogP contribution in [0, 0.1) is 5.92 Å². The van der Waals surface area contributed by atoms with Crippen molar-refractivity contribution in [3.8, 4) is 0 Å². The quantitative estimate of drug-likeness (QED) is 0.810. The van der Waals surface area contributed by atoms with Crippen molar-refractivity contribution in [2.75, 3.05) is 13.7 Å². The zero-order valence-corrected chi connectivity index (χ0v) is 9.60. The van der Waals surface area contributed by atoms with Gasteiger partial charge in [-0.3, -0.25) is 4.68 Å². The summed E-state index contributed by atoms with van der Waals surface area (Å²) >= 11 is 0. The number of aryl methyl sites for hydroxylation is 1. The molecule has 1 aromatic rings. The summed E-state index contributed by atoms with van der Waals surface area (Å²) < 4.78 is 7.45. The van der Waals surface area contributed by atoms with E-state index in [1.807, 2.05) is 25.0 Å². The van der Waals surface area contributed by atoms with Gasteiger partial charge in [-0.1, -0.05) is 0 Å². The highest BCUT2D eigenvalue weighted by Gasteiger charge is 2.30. The van der Waals surface area contributed by atoms with E-state index in [0.717, 1.165) is 18.7 Å². The second-order valence-corrected chi connectivity index (χ2v) is 4.32. The van der Waals surface area contributed by atoms with Crippen LogP contribution in [0.2, 0.25) is 0 Å². The monoisotopic (exact) mass is 209 g/mol. The van der Waals surface area contributed by atoms with Crippen LogP contribution in [0.4, 0.5) is 0 Å². The van der Waals surface area contributed by atoms with Crippen molar-refractivity contribution in [1.82, 2.24) is 15.1 Å². The van der Waals surface area contributed by atoms with Gasteiger partial charge in [-0.15, -0.1) is 0 Å². The average molecular weight is 209 g/mol. The Hall–Kier alpha value is -0.870. The lowest BCUT2D eigenvalue weighted by Crippen LogP contribution is -2.26. The second-order valence-electron chi connectivity index (χ2n) is 4.32. The summed E-state index contributed by atoms with van der Waals surface area (Å²) in [5, 5.41) is 7.79. The Morgan fingerprint density at radius 3 is 2.93 bits per heavy atom. The van der Waals surface area contributed by atoms with Gasteiger partial charge in [0.25, 0.3) is 0 Å². The van der Waals surface area contributed by atoms with E-state index in [-0.39, 0.29) is 0 Å². The fourth-order valence-corrected chi connectivity index (χ4v) is 2.31. The van der Waals surface area contributed by atoms with Crippen LogP contribution >= 0.6 is 0 Å². The maximum absolute atomic E-state index is 5.60. The molecule has 0 aliphatic carbocycles.